The molecule has 7 unspecified atom stereocenters. The molecule has 3 fully saturated rings. The molecule has 34 heavy (non-hydrogen) atoms. The number of carboxylic acid groups (broad SMARTS) is 1. The van der Waals surface area contributed by atoms with Gasteiger partial charge in [-0.1, -0.05) is 60.1 Å². The number of rotatable bonds is 1. The Morgan fingerprint density at radius 1 is 0.941 bits per heavy atom. The summed E-state index contributed by atoms with van der Waals surface area (Å²) in [5, 5.41) is 10.5. The molecule has 186 valence electrons. The molecule has 0 heterocycles. The van der Waals surface area contributed by atoms with Crippen LogP contribution in [0.5, 0.6) is 0 Å². The first-order chi connectivity index (χ1) is 15.6. The van der Waals surface area contributed by atoms with Crippen molar-refractivity contribution in [1.29, 1.82) is 0 Å². The van der Waals surface area contributed by atoms with Crippen LogP contribution in [0.4, 0.5) is 0 Å². The van der Waals surface area contributed by atoms with Gasteiger partial charge in [-0.25, -0.2) is 0 Å². The van der Waals surface area contributed by atoms with Crippen molar-refractivity contribution in [2.75, 3.05) is 0 Å². The van der Waals surface area contributed by atoms with Crippen LogP contribution >= 0.6 is 0 Å². The lowest BCUT2D eigenvalue weighted by Crippen LogP contribution is -2.65. The highest BCUT2D eigenvalue weighted by Crippen LogP contribution is 2.74. The predicted molar refractivity (Wildman–Crippen MR) is 132 cm³/mol. The molecule has 1 N–H and O–H groups in total. The van der Waals surface area contributed by atoms with Gasteiger partial charge < -0.3 is 5.11 Å². The molecule has 4 heteroatoms. The minimum atomic E-state index is -0.780. The number of carboxylic acids is 1. The molecule has 0 bridgehead atoms. The average molecular weight is 467 g/mol. The Hall–Kier alpha value is -1.71. The van der Waals surface area contributed by atoms with Crippen molar-refractivity contribution < 1.29 is 19.5 Å². The molecule has 5 aliphatic carbocycles. The molecule has 0 aromatic heterocycles. The Kier molecular flexibility index (Phi) is 4.75. The lowest BCUT2D eigenvalue weighted by molar-refractivity contribution is -0.188. The molecule has 5 rings (SSSR count). The maximum atomic E-state index is 14.1. The Morgan fingerprint density at radius 3 is 2.24 bits per heavy atom. The summed E-state index contributed by atoms with van der Waals surface area (Å²) in [5.41, 5.74) is -0.797. The highest BCUT2D eigenvalue weighted by atomic mass is 16.4. The molecule has 0 amide bonds. The van der Waals surface area contributed by atoms with Gasteiger partial charge in [0.15, 0.2) is 11.6 Å². The number of hydrogen-bond donors (Lipinski definition) is 1. The van der Waals surface area contributed by atoms with Crippen LogP contribution in [0.1, 0.15) is 93.4 Å². The molecule has 0 aliphatic heterocycles. The molecule has 5 aliphatic rings. The lowest BCUT2D eigenvalue weighted by atomic mass is 9.34. The van der Waals surface area contributed by atoms with E-state index in [4.69, 9.17) is 0 Å². The Labute approximate surface area is 204 Å². The summed E-state index contributed by atoms with van der Waals surface area (Å²) in [6, 6.07) is 0. The van der Waals surface area contributed by atoms with E-state index >= 15 is 0 Å². The van der Waals surface area contributed by atoms with Crippen LogP contribution in [0.15, 0.2) is 23.8 Å². The number of fused-ring (bicyclic) bond motifs is 7. The maximum Gasteiger partial charge on any atom is 0.309 e. The normalized spacial score (nSPS) is 48.7. The van der Waals surface area contributed by atoms with Gasteiger partial charge in [-0.15, -0.1) is 0 Å². The summed E-state index contributed by atoms with van der Waals surface area (Å²) in [7, 11) is 0. The molecule has 0 spiro atoms. The van der Waals surface area contributed by atoms with Gasteiger partial charge in [-0.2, -0.15) is 0 Å². The van der Waals surface area contributed by atoms with Crippen LogP contribution in [0.3, 0.4) is 0 Å². The Morgan fingerprint density at radius 2 is 1.59 bits per heavy atom. The first kappa shape index (κ1) is 24.0. The fraction of sp³-hybridized carbons (Fsp3) is 0.767. The van der Waals surface area contributed by atoms with E-state index < -0.39 is 16.8 Å². The Bertz CT molecular complexity index is 1050. The maximum absolute atomic E-state index is 14.1. The second kappa shape index (κ2) is 6.73. The highest BCUT2D eigenvalue weighted by molar-refractivity contribution is 5.98. The molecule has 3 saturated carbocycles. The first-order valence-electron chi connectivity index (χ1n) is 13.3. The van der Waals surface area contributed by atoms with Gasteiger partial charge in [0.2, 0.25) is 0 Å². The van der Waals surface area contributed by atoms with E-state index in [-0.39, 0.29) is 51.0 Å². The van der Waals surface area contributed by atoms with E-state index in [1.54, 1.807) is 6.08 Å². The summed E-state index contributed by atoms with van der Waals surface area (Å²) >= 11 is 0. The fourth-order valence-electron chi connectivity index (χ4n) is 9.71. The lowest BCUT2D eigenvalue weighted by Gasteiger charge is -2.68. The van der Waals surface area contributed by atoms with Gasteiger partial charge in [0.25, 0.3) is 0 Å². The SMILES string of the molecule is CC1(C)CCC2(C(=O)O)CCC3(C)C(C(=O)C=C4C5(C)C=CC(=O)C(C)(C)C5CCC43C)C2C1. The summed E-state index contributed by atoms with van der Waals surface area (Å²) in [6.45, 7) is 15.5. The van der Waals surface area contributed by atoms with Gasteiger partial charge in [0.05, 0.1) is 5.41 Å². The van der Waals surface area contributed by atoms with Crippen LogP contribution in [-0.4, -0.2) is 22.6 Å². The zero-order valence-electron chi connectivity index (χ0n) is 22.1. The Balaban J connectivity index is 1.68. The number of carbonyl (C=O) groups is 3. The third-order valence-electron chi connectivity index (χ3n) is 12.1. The number of ketones is 2. The molecule has 0 radical (unpaired) electrons. The van der Waals surface area contributed by atoms with E-state index in [0.717, 1.165) is 32.1 Å². The average Bonchev–Trinajstić information content (AvgIpc) is 2.72. The van der Waals surface area contributed by atoms with Crippen molar-refractivity contribution in [2.24, 2.45) is 50.2 Å². The second-order valence-electron chi connectivity index (χ2n) is 14.4. The van der Waals surface area contributed by atoms with Crippen molar-refractivity contribution in [3.8, 4) is 0 Å². The number of allylic oxidation sites excluding steroid dienone is 4. The van der Waals surface area contributed by atoms with Crippen molar-refractivity contribution in [3.63, 3.8) is 0 Å². The smallest absolute Gasteiger partial charge is 0.309 e. The van der Waals surface area contributed by atoms with Crippen LogP contribution in [0.2, 0.25) is 0 Å². The molecule has 7 atom stereocenters. The third kappa shape index (κ3) is 2.69. The minimum absolute atomic E-state index is 0.0488. The molecule has 4 nitrogen and oxygen atoms in total. The van der Waals surface area contributed by atoms with Crippen LogP contribution in [-0.2, 0) is 14.4 Å². The molecular formula is C30H42O4. The molecule has 0 aromatic carbocycles. The van der Waals surface area contributed by atoms with Gasteiger partial charge >= 0.3 is 5.97 Å². The number of aliphatic carboxylic acids is 1. The summed E-state index contributed by atoms with van der Waals surface area (Å²) in [6.07, 6.45) is 11.5. The largest absolute Gasteiger partial charge is 0.481 e. The standard InChI is InChI=1S/C30H42O4/c1-25(2)12-14-30(24(33)34)15-13-29(7)23(18(30)17-25)19(31)16-21-27(5)10-9-22(32)26(3,4)20(27)8-11-28(21,29)6/h9-10,16,18,20,23H,8,11-15,17H2,1-7H3,(H,33,34). The van der Waals surface area contributed by atoms with Crippen molar-refractivity contribution >= 4 is 17.5 Å². The van der Waals surface area contributed by atoms with Crippen molar-refractivity contribution in [1.82, 2.24) is 0 Å². The van der Waals surface area contributed by atoms with Crippen LogP contribution in [0.25, 0.3) is 0 Å². The van der Waals surface area contributed by atoms with E-state index in [9.17, 15) is 19.5 Å². The number of carbonyl (C=O) groups excluding carboxylic acids is 2. The minimum Gasteiger partial charge on any atom is -0.481 e. The first-order valence-corrected chi connectivity index (χ1v) is 13.3. The van der Waals surface area contributed by atoms with E-state index in [1.807, 2.05) is 6.08 Å². The summed E-state index contributed by atoms with van der Waals surface area (Å²) in [5.74, 6) is -0.603. The zero-order chi connectivity index (χ0) is 25.1. The molecular weight excluding hydrogens is 424 g/mol. The van der Waals surface area contributed by atoms with Gasteiger partial charge in [-0.3, -0.25) is 14.4 Å². The molecule has 0 saturated heterocycles. The highest BCUT2D eigenvalue weighted by Gasteiger charge is 2.70. The zero-order valence-corrected chi connectivity index (χ0v) is 22.1. The third-order valence-corrected chi connectivity index (χ3v) is 12.1. The van der Waals surface area contributed by atoms with Gasteiger partial charge in [-0.05, 0) is 85.2 Å². The molecule has 0 aromatic rings. The topological polar surface area (TPSA) is 71.4 Å². The van der Waals surface area contributed by atoms with Crippen molar-refractivity contribution in [2.45, 2.75) is 93.4 Å². The van der Waals surface area contributed by atoms with E-state index in [2.05, 4.69) is 54.5 Å². The second-order valence-corrected chi connectivity index (χ2v) is 14.4. The summed E-state index contributed by atoms with van der Waals surface area (Å²) < 4.78 is 0. The predicted octanol–water partition coefficient (Wildman–Crippen LogP) is 6.40. The van der Waals surface area contributed by atoms with Crippen molar-refractivity contribution in [3.05, 3.63) is 23.8 Å². The fourth-order valence-corrected chi connectivity index (χ4v) is 9.71. The van der Waals surface area contributed by atoms with Gasteiger partial charge in [0.1, 0.15) is 0 Å². The number of hydrogen-bond acceptors (Lipinski definition) is 3. The van der Waals surface area contributed by atoms with E-state index in [0.29, 0.717) is 12.8 Å². The van der Waals surface area contributed by atoms with Crippen LogP contribution < -0.4 is 0 Å². The van der Waals surface area contributed by atoms with E-state index in [1.165, 1.54) is 5.57 Å². The van der Waals surface area contributed by atoms with Crippen LogP contribution in [0, 0.1) is 50.2 Å². The summed E-state index contributed by atoms with van der Waals surface area (Å²) in [4.78, 5) is 39.7. The van der Waals surface area contributed by atoms with Gasteiger partial charge in [0, 0.05) is 16.7 Å². The monoisotopic (exact) mass is 466 g/mol. The quantitative estimate of drug-likeness (QED) is 0.485.